The van der Waals surface area contributed by atoms with Gasteiger partial charge in [-0.2, -0.15) is 13.2 Å². The standard InChI is InChI=1S/C15H9ClF3N3O2S/c16-9-5-8(15(17,18)19)6-20-13(9)25-14-21-10-3-1-2-4-11(10)22(14)7-12(23)24/h1-6H,7H2,(H,23,24). The van der Waals surface area contributed by atoms with E-state index in [1.807, 2.05) is 0 Å². The van der Waals surface area contributed by atoms with E-state index in [0.717, 1.165) is 17.8 Å². The molecule has 0 amide bonds. The van der Waals surface area contributed by atoms with E-state index < -0.39 is 17.7 Å². The van der Waals surface area contributed by atoms with Crippen LogP contribution in [0, 0.1) is 0 Å². The van der Waals surface area contributed by atoms with E-state index in [1.54, 1.807) is 24.3 Å². The molecule has 0 aliphatic rings. The third kappa shape index (κ3) is 3.72. The summed E-state index contributed by atoms with van der Waals surface area (Å²) in [6.45, 7) is -0.346. The van der Waals surface area contributed by atoms with Crippen LogP contribution in [0.15, 0.2) is 46.7 Å². The van der Waals surface area contributed by atoms with Crippen LogP contribution in [0.4, 0.5) is 13.2 Å². The van der Waals surface area contributed by atoms with Gasteiger partial charge in [-0.25, -0.2) is 9.97 Å². The van der Waals surface area contributed by atoms with Crippen molar-refractivity contribution in [3.63, 3.8) is 0 Å². The largest absolute Gasteiger partial charge is 0.480 e. The summed E-state index contributed by atoms with van der Waals surface area (Å²) in [5, 5.41) is 9.29. The molecule has 0 aliphatic carbocycles. The molecule has 3 rings (SSSR count). The van der Waals surface area contributed by atoms with Crippen molar-refractivity contribution in [2.75, 3.05) is 0 Å². The highest BCUT2D eigenvalue weighted by Crippen LogP contribution is 2.36. The fourth-order valence-electron chi connectivity index (χ4n) is 2.16. The second-order valence-corrected chi connectivity index (χ2v) is 6.34. The van der Waals surface area contributed by atoms with Gasteiger partial charge in [-0.15, -0.1) is 0 Å². The number of fused-ring (bicyclic) bond motifs is 1. The second kappa shape index (κ2) is 6.57. The van der Waals surface area contributed by atoms with Crippen molar-refractivity contribution >= 4 is 40.4 Å². The molecule has 3 aromatic rings. The first-order valence-electron chi connectivity index (χ1n) is 6.83. The van der Waals surface area contributed by atoms with Crippen molar-refractivity contribution in [2.45, 2.75) is 22.9 Å². The third-order valence-electron chi connectivity index (χ3n) is 3.24. The fourth-order valence-corrected chi connectivity index (χ4v) is 3.30. The summed E-state index contributed by atoms with van der Waals surface area (Å²) >= 11 is 6.81. The van der Waals surface area contributed by atoms with Gasteiger partial charge < -0.3 is 9.67 Å². The number of carboxylic acid groups (broad SMARTS) is 1. The summed E-state index contributed by atoms with van der Waals surface area (Å²) in [6.07, 6.45) is -3.87. The fraction of sp³-hybridized carbons (Fsp3) is 0.133. The Morgan fingerprint density at radius 1 is 1.32 bits per heavy atom. The van der Waals surface area contributed by atoms with Crippen molar-refractivity contribution in [1.82, 2.24) is 14.5 Å². The highest BCUT2D eigenvalue weighted by atomic mass is 35.5. The Hall–Kier alpha value is -2.26. The van der Waals surface area contributed by atoms with Crippen LogP contribution in [-0.2, 0) is 17.5 Å². The van der Waals surface area contributed by atoms with Crippen molar-refractivity contribution < 1.29 is 23.1 Å². The number of para-hydroxylation sites is 2. The SMILES string of the molecule is O=C(O)Cn1c(Sc2ncc(C(F)(F)F)cc2Cl)nc2ccccc21. The van der Waals surface area contributed by atoms with Crippen LogP contribution in [0.3, 0.4) is 0 Å². The molecule has 2 aromatic heterocycles. The van der Waals surface area contributed by atoms with Gasteiger partial charge in [0.25, 0.3) is 0 Å². The third-order valence-corrected chi connectivity index (χ3v) is 4.65. The Balaban J connectivity index is 2.02. The minimum absolute atomic E-state index is 0.108. The first-order chi connectivity index (χ1) is 11.8. The summed E-state index contributed by atoms with van der Waals surface area (Å²) in [5.41, 5.74) is 0.200. The number of alkyl halides is 3. The molecule has 2 heterocycles. The summed E-state index contributed by atoms with van der Waals surface area (Å²) in [6, 6.07) is 7.68. The number of benzene rings is 1. The molecular weight excluding hydrogens is 379 g/mol. The van der Waals surface area contributed by atoms with Gasteiger partial charge in [0, 0.05) is 6.20 Å². The lowest BCUT2D eigenvalue weighted by Gasteiger charge is -2.09. The van der Waals surface area contributed by atoms with E-state index >= 15 is 0 Å². The molecule has 0 saturated heterocycles. The van der Waals surface area contributed by atoms with E-state index in [4.69, 9.17) is 16.7 Å². The summed E-state index contributed by atoms with van der Waals surface area (Å²) in [4.78, 5) is 19.2. The van der Waals surface area contributed by atoms with Crippen molar-refractivity contribution in [3.8, 4) is 0 Å². The van der Waals surface area contributed by atoms with Crippen LogP contribution in [0.1, 0.15) is 5.56 Å². The Morgan fingerprint density at radius 2 is 2.04 bits per heavy atom. The number of rotatable bonds is 4. The normalized spacial score (nSPS) is 11.8. The maximum Gasteiger partial charge on any atom is 0.417 e. The number of hydrogen-bond donors (Lipinski definition) is 1. The van der Waals surface area contributed by atoms with Gasteiger partial charge in [0.1, 0.15) is 11.6 Å². The van der Waals surface area contributed by atoms with Crippen LogP contribution in [0.5, 0.6) is 0 Å². The number of pyridine rings is 1. The smallest absolute Gasteiger partial charge is 0.417 e. The zero-order valence-corrected chi connectivity index (χ0v) is 13.9. The molecule has 1 aromatic carbocycles. The molecule has 130 valence electrons. The van der Waals surface area contributed by atoms with Crippen LogP contribution < -0.4 is 0 Å². The van der Waals surface area contributed by atoms with Crippen molar-refractivity contribution in [3.05, 3.63) is 47.1 Å². The average molecular weight is 388 g/mol. The molecule has 0 fully saturated rings. The number of imidazole rings is 1. The second-order valence-electron chi connectivity index (χ2n) is 4.97. The number of carbonyl (C=O) groups is 1. The Labute approximate surface area is 148 Å². The first kappa shape index (κ1) is 17.6. The van der Waals surface area contributed by atoms with Gasteiger partial charge in [0.05, 0.1) is 21.6 Å². The molecule has 0 aliphatic heterocycles. The van der Waals surface area contributed by atoms with Crippen LogP contribution in [0.2, 0.25) is 5.02 Å². The average Bonchev–Trinajstić information content (AvgIpc) is 2.85. The summed E-state index contributed by atoms with van der Waals surface area (Å²) in [5.74, 6) is -1.07. The minimum Gasteiger partial charge on any atom is -0.480 e. The molecule has 0 atom stereocenters. The molecule has 0 unspecified atom stereocenters. The lowest BCUT2D eigenvalue weighted by Crippen LogP contribution is -2.10. The van der Waals surface area contributed by atoms with E-state index in [9.17, 15) is 18.0 Å². The van der Waals surface area contributed by atoms with Crippen LogP contribution >= 0.6 is 23.4 Å². The van der Waals surface area contributed by atoms with Gasteiger partial charge in [-0.1, -0.05) is 23.7 Å². The molecular formula is C15H9ClF3N3O2S. The number of hydrogen-bond acceptors (Lipinski definition) is 4. The maximum absolute atomic E-state index is 12.7. The van der Waals surface area contributed by atoms with Crippen molar-refractivity contribution in [1.29, 1.82) is 0 Å². The molecule has 25 heavy (non-hydrogen) atoms. The van der Waals surface area contributed by atoms with Gasteiger partial charge in [0.15, 0.2) is 5.16 Å². The number of carboxylic acids is 1. The molecule has 0 radical (unpaired) electrons. The maximum atomic E-state index is 12.7. The number of halogens is 4. The Kier molecular flexibility index (Phi) is 4.61. The van der Waals surface area contributed by atoms with E-state index in [-0.39, 0.29) is 21.7 Å². The summed E-state index contributed by atoms with van der Waals surface area (Å²) in [7, 11) is 0. The highest BCUT2D eigenvalue weighted by molar-refractivity contribution is 7.99. The van der Waals surface area contributed by atoms with Gasteiger partial charge in [0.2, 0.25) is 0 Å². The van der Waals surface area contributed by atoms with E-state index in [0.29, 0.717) is 17.2 Å². The van der Waals surface area contributed by atoms with E-state index in [1.165, 1.54) is 4.57 Å². The Bertz CT molecular complexity index is 959. The zero-order valence-electron chi connectivity index (χ0n) is 12.3. The lowest BCUT2D eigenvalue weighted by atomic mass is 10.3. The quantitative estimate of drug-likeness (QED) is 0.721. The number of aliphatic carboxylic acids is 1. The first-order valence-corrected chi connectivity index (χ1v) is 8.03. The van der Waals surface area contributed by atoms with Crippen LogP contribution in [0.25, 0.3) is 11.0 Å². The Morgan fingerprint density at radius 3 is 2.68 bits per heavy atom. The molecule has 0 saturated carbocycles. The molecule has 0 spiro atoms. The topological polar surface area (TPSA) is 68.0 Å². The minimum atomic E-state index is -4.55. The molecule has 5 nitrogen and oxygen atoms in total. The monoisotopic (exact) mass is 387 g/mol. The molecule has 1 N–H and O–H groups in total. The van der Waals surface area contributed by atoms with Crippen molar-refractivity contribution in [2.24, 2.45) is 0 Å². The predicted molar refractivity (Wildman–Crippen MR) is 85.7 cm³/mol. The zero-order chi connectivity index (χ0) is 18.2. The molecule has 10 heteroatoms. The predicted octanol–water partition coefficient (Wildman–Crippen LogP) is 4.34. The number of aromatic nitrogens is 3. The summed E-state index contributed by atoms with van der Waals surface area (Å²) < 4.78 is 39.5. The molecule has 0 bridgehead atoms. The van der Waals surface area contributed by atoms with Gasteiger partial charge in [-0.3, -0.25) is 4.79 Å². The number of nitrogens with zero attached hydrogens (tertiary/aromatic N) is 3. The van der Waals surface area contributed by atoms with E-state index in [2.05, 4.69) is 9.97 Å². The highest BCUT2D eigenvalue weighted by Gasteiger charge is 2.31. The van der Waals surface area contributed by atoms with Crippen LogP contribution in [-0.4, -0.2) is 25.6 Å². The lowest BCUT2D eigenvalue weighted by molar-refractivity contribution is -0.138. The van der Waals surface area contributed by atoms with Gasteiger partial charge >= 0.3 is 12.1 Å². The van der Waals surface area contributed by atoms with Gasteiger partial charge in [-0.05, 0) is 30.0 Å².